The zero-order valence-electron chi connectivity index (χ0n) is 13.4. The molecule has 2 atom stereocenters. The van der Waals surface area contributed by atoms with Crippen molar-refractivity contribution in [3.63, 3.8) is 0 Å². The number of primary amides is 1. The molecule has 1 aromatic carbocycles. The van der Waals surface area contributed by atoms with Crippen molar-refractivity contribution in [3.05, 3.63) is 41.0 Å². The summed E-state index contributed by atoms with van der Waals surface area (Å²) in [5, 5.41) is 6.87. The van der Waals surface area contributed by atoms with Gasteiger partial charge in [-0.1, -0.05) is 11.6 Å². The molecule has 1 fully saturated rings. The van der Waals surface area contributed by atoms with E-state index in [0.29, 0.717) is 30.0 Å². The summed E-state index contributed by atoms with van der Waals surface area (Å²) in [7, 11) is 0. The topological polar surface area (TPSA) is 128 Å². The molecule has 1 aliphatic rings. The van der Waals surface area contributed by atoms with Crippen LogP contribution in [0, 0.1) is 0 Å². The molecule has 1 amide bonds. The summed E-state index contributed by atoms with van der Waals surface area (Å²) in [4.78, 5) is 20.2. The van der Waals surface area contributed by atoms with E-state index >= 15 is 0 Å². The number of halogens is 1. The Hall–Kier alpha value is -2.42. The predicted molar refractivity (Wildman–Crippen MR) is 96.1 cm³/mol. The average Bonchev–Trinajstić information content (AvgIpc) is 2.59. The lowest BCUT2D eigenvalue weighted by Gasteiger charge is -2.29. The van der Waals surface area contributed by atoms with Crippen molar-refractivity contribution in [2.75, 3.05) is 23.8 Å². The second kappa shape index (κ2) is 7.64. The van der Waals surface area contributed by atoms with Gasteiger partial charge in [-0.3, -0.25) is 4.79 Å². The van der Waals surface area contributed by atoms with Crippen molar-refractivity contribution in [2.24, 2.45) is 11.5 Å². The third-order valence-corrected chi connectivity index (χ3v) is 4.13. The number of amides is 1. The number of hydrogen-bond donors (Lipinski definition) is 4. The quantitative estimate of drug-likeness (QED) is 0.634. The van der Waals surface area contributed by atoms with E-state index in [4.69, 9.17) is 27.8 Å². The SMILES string of the molecule is NC(=O)c1cnc(N[C@@H]2CCOC[C@@H]2N)nc1Nc1ccc(Cl)cc1. The Morgan fingerprint density at radius 2 is 2.08 bits per heavy atom. The fourth-order valence-corrected chi connectivity index (χ4v) is 2.63. The number of hydrogen-bond acceptors (Lipinski definition) is 7. The smallest absolute Gasteiger partial charge is 0.254 e. The molecule has 9 heteroatoms. The van der Waals surface area contributed by atoms with Crippen molar-refractivity contribution in [1.29, 1.82) is 0 Å². The van der Waals surface area contributed by atoms with E-state index in [2.05, 4.69) is 20.6 Å². The van der Waals surface area contributed by atoms with Crippen molar-refractivity contribution in [1.82, 2.24) is 9.97 Å². The number of nitrogens with zero attached hydrogens (tertiary/aromatic N) is 2. The molecule has 25 heavy (non-hydrogen) atoms. The van der Waals surface area contributed by atoms with Crippen LogP contribution in [0.15, 0.2) is 30.5 Å². The largest absolute Gasteiger partial charge is 0.380 e. The van der Waals surface area contributed by atoms with Gasteiger partial charge in [0.1, 0.15) is 11.4 Å². The van der Waals surface area contributed by atoms with Crippen LogP contribution in [0.3, 0.4) is 0 Å². The first-order valence-corrected chi connectivity index (χ1v) is 8.20. The molecule has 2 heterocycles. The molecular formula is C16H19ClN6O2. The predicted octanol–water partition coefficient (Wildman–Crippen LogP) is 1.50. The monoisotopic (exact) mass is 362 g/mol. The van der Waals surface area contributed by atoms with Crippen LogP contribution in [-0.2, 0) is 4.74 Å². The average molecular weight is 363 g/mol. The summed E-state index contributed by atoms with van der Waals surface area (Å²) in [5.74, 6) is 0.0579. The summed E-state index contributed by atoms with van der Waals surface area (Å²) < 4.78 is 5.32. The second-order valence-electron chi connectivity index (χ2n) is 5.73. The molecule has 0 radical (unpaired) electrons. The number of aromatic nitrogens is 2. The van der Waals surface area contributed by atoms with Gasteiger partial charge in [0.15, 0.2) is 0 Å². The molecule has 0 saturated carbocycles. The Balaban J connectivity index is 1.83. The number of rotatable bonds is 5. The molecule has 3 rings (SSSR count). The summed E-state index contributed by atoms with van der Waals surface area (Å²) in [5.41, 5.74) is 12.4. The van der Waals surface area contributed by atoms with Gasteiger partial charge < -0.3 is 26.8 Å². The van der Waals surface area contributed by atoms with Crippen molar-refractivity contribution < 1.29 is 9.53 Å². The van der Waals surface area contributed by atoms with Crippen molar-refractivity contribution in [2.45, 2.75) is 18.5 Å². The van der Waals surface area contributed by atoms with Crippen LogP contribution in [0.1, 0.15) is 16.8 Å². The highest BCUT2D eigenvalue weighted by Gasteiger charge is 2.23. The van der Waals surface area contributed by atoms with E-state index in [1.54, 1.807) is 24.3 Å². The molecule has 0 bridgehead atoms. The Morgan fingerprint density at radius 3 is 2.76 bits per heavy atom. The summed E-state index contributed by atoms with van der Waals surface area (Å²) >= 11 is 5.88. The zero-order valence-corrected chi connectivity index (χ0v) is 14.2. The van der Waals surface area contributed by atoms with Gasteiger partial charge in [-0.05, 0) is 30.7 Å². The second-order valence-corrected chi connectivity index (χ2v) is 6.17. The Bertz CT molecular complexity index is 755. The Labute approximate surface area is 149 Å². The first-order chi connectivity index (χ1) is 12.0. The number of ether oxygens (including phenoxy) is 1. The summed E-state index contributed by atoms with van der Waals surface area (Å²) in [6.45, 7) is 1.10. The minimum Gasteiger partial charge on any atom is -0.380 e. The Kier molecular flexibility index (Phi) is 5.32. The molecule has 132 valence electrons. The van der Waals surface area contributed by atoms with E-state index in [9.17, 15) is 4.79 Å². The number of carbonyl (C=O) groups excluding carboxylic acids is 1. The highest BCUT2D eigenvalue weighted by Crippen LogP contribution is 2.22. The van der Waals surface area contributed by atoms with Crippen LogP contribution < -0.4 is 22.1 Å². The third kappa shape index (κ3) is 4.36. The zero-order chi connectivity index (χ0) is 17.8. The third-order valence-electron chi connectivity index (χ3n) is 3.88. The molecule has 1 aromatic heterocycles. The van der Waals surface area contributed by atoms with Gasteiger partial charge in [0.25, 0.3) is 5.91 Å². The van der Waals surface area contributed by atoms with Crippen LogP contribution in [-0.4, -0.2) is 41.2 Å². The standard InChI is InChI=1S/C16H19ClN6O2/c17-9-1-3-10(4-2-9)21-15-11(14(19)24)7-20-16(23-15)22-13-5-6-25-8-12(13)18/h1-4,7,12-13H,5-6,8,18H2,(H2,19,24)(H2,20,21,22,23)/t12-,13+/m0/s1. The van der Waals surface area contributed by atoms with Crippen LogP contribution in [0.4, 0.5) is 17.5 Å². The fraction of sp³-hybridized carbons (Fsp3) is 0.312. The van der Waals surface area contributed by atoms with E-state index in [1.165, 1.54) is 6.20 Å². The molecule has 1 aliphatic heterocycles. The van der Waals surface area contributed by atoms with Crippen LogP contribution in [0.25, 0.3) is 0 Å². The van der Waals surface area contributed by atoms with E-state index < -0.39 is 5.91 Å². The number of nitrogens with one attached hydrogen (secondary N) is 2. The lowest BCUT2D eigenvalue weighted by Crippen LogP contribution is -2.47. The van der Waals surface area contributed by atoms with Gasteiger partial charge in [0, 0.05) is 35.6 Å². The van der Waals surface area contributed by atoms with Gasteiger partial charge in [0.2, 0.25) is 5.95 Å². The molecule has 1 saturated heterocycles. The van der Waals surface area contributed by atoms with Crippen LogP contribution >= 0.6 is 11.6 Å². The normalized spacial score (nSPS) is 20.1. The van der Waals surface area contributed by atoms with Crippen LogP contribution in [0.2, 0.25) is 5.02 Å². The number of benzene rings is 1. The maximum atomic E-state index is 11.6. The first kappa shape index (κ1) is 17.4. The van der Waals surface area contributed by atoms with Gasteiger partial charge in [-0.2, -0.15) is 4.98 Å². The first-order valence-electron chi connectivity index (χ1n) is 7.82. The highest BCUT2D eigenvalue weighted by atomic mass is 35.5. The minimum atomic E-state index is -0.620. The van der Waals surface area contributed by atoms with Gasteiger partial charge in [-0.25, -0.2) is 4.98 Å². The maximum Gasteiger partial charge on any atom is 0.254 e. The van der Waals surface area contributed by atoms with Crippen molar-refractivity contribution in [3.8, 4) is 0 Å². The van der Waals surface area contributed by atoms with E-state index in [1.807, 2.05) is 0 Å². The van der Waals surface area contributed by atoms with Crippen molar-refractivity contribution >= 4 is 35.0 Å². The minimum absolute atomic E-state index is 0.00319. The number of anilines is 3. The lowest BCUT2D eigenvalue weighted by molar-refractivity contribution is 0.0751. The summed E-state index contributed by atoms with van der Waals surface area (Å²) in [6, 6.07) is 6.86. The van der Waals surface area contributed by atoms with Gasteiger partial charge in [0.05, 0.1) is 6.61 Å². The van der Waals surface area contributed by atoms with E-state index in [0.717, 1.165) is 12.1 Å². The van der Waals surface area contributed by atoms with Gasteiger partial charge in [-0.15, -0.1) is 0 Å². The molecule has 8 nitrogen and oxygen atoms in total. The molecule has 2 aromatic rings. The van der Waals surface area contributed by atoms with Crippen LogP contribution in [0.5, 0.6) is 0 Å². The molecule has 0 aliphatic carbocycles. The lowest BCUT2D eigenvalue weighted by atomic mass is 10.1. The maximum absolute atomic E-state index is 11.6. The van der Waals surface area contributed by atoms with E-state index in [-0.39, 0.29) is 17.6 Å². The number of nitrogens with two attached hydrogens (primary N) is 2. The number of carbonyl (C=O) groups is 1. The fourth-order valence-electron chi connectivity index (χ4n) is 2.50. The molecule has 6 N–H and O–H groups in total. The Morgan fingerprint density at radius 1 is 1.32 bits per heavy atom. The van der Waals surface area contributed by atoms with Gasteiger partial charge >= 0.3 is 0 Å². The summed E-state index contributed by atoms with van der Waals surface area (Å²) in [6.07, 6.45) is 2.14. The highest BCUT2D eigenvalue weighted by molar-refractivity contribution is 6.30. The molecule has 0 unspecified atom stereocenters. The molecule has 0 spiro atoms. The molecular weight excluding hydrogens is 344 g/mol.